The first kappa shape index (κ1) is 15.9. The summed E-state index contributed by atoms with van der Waals surface area (Å²) in [5.74, 6) is -0.0825. The van der Waals surface area contributed by atoms with E-state index >= 15 is 0 Å². The van der Waals surface area contributed by atoms with Crippen molar-refractivity contribution in [2.75, 3.05) is 0 Å². The van der Waals surface area contributed by atoms with Crippen molar-refractivity contribution in [3.8, 4) is 0 Å². The van der Waals surface area contributed by atoms with E-state index < -0.39 is 0 Å². The Bertz CT molecular complexity index is 733. The van der Waals surface area contributed by atoms with E-state index in [0.717, 1.165) is 17.1 Å². The van der Waals surface area contributed by atoms with Gasteiger partial charge in [-0.05, 0) is 62.3 Å². The van der Waals surface area contributed by atoms with E-state index in [9.17, 15) is 4.79 Å². The first-order valence-corrected chi connectivity index (χ1v) is 9.02. The third-order valence-electron chi connectivity index (χ3n) is 4.27. The highest BCUT2D eigenvalue weighted by molar-refractivity contribution is 7.09. The number of nitrogens with zero attached hydrogens (tertiary/aromatic N) is 1. The van der Waals surface area contributed by atoms with Crippen molar-refractivity contribution in [3.63, 3.8) is 0 Å². The van der Waals surface area contributed by atoms with Gasteiger partial charge in [0.15, 0.2) is 0 Å². The maximum atomic E-state index is 12.1. The lowest BCUT2D eigenvalue weighted by Crippen LogP contribution is -2.24. The smallest absolute Gasteiger partial charge is 0.244 e. The molecule has 1 N–H and O–H groups in total. The van der Waals surface area contributed by atoms with E-state index in [1.807, 2.05) is 19.2 Å². The van der Waals surface area contributed by atoms with E-state index in [-0.39, 0.29) is 11.9 Å². The average Bonchev–Trinajstić information content (AvgIpc) is 2.98. The van der Waals surface area contributed by atoms with E-state index in [2.05, 4.69) is 28.5 Å². The van der Waals surface area contributed by atoms with Crippen LogP contribution in [0.4, 0.5) is 0 Å². The van der Waals surface area contributed by atoms with Crippen LogP contribution in [0.25, 0.3) is 6.08 Å². The van der Waals surface area contributed by atoms with Crippen molar-refractivity contribution >= 4 is 23.3 Å². The van der Waals surface area contributed by atoms with Gasteiger partial charge in [-0.1, -0.05) is 18.2 Å². The molecule has 2 aromatic rings. The number of hydrogen-bond donors (Lipinski definition) is 1. The molecule has 0 radical (unpaired) electrons. The van der Waals surface area contributed by atoms with Gasteiger partial charge in [0.2, 0.25) is 5.91 Å². The van der Waals surface area contributed by atoms with Crippen LogP contribution in [0.5, 0.6) is 0 Å². The first-order valence-electron chi connectivity index (χ1n) is 8.14. The second kappa shape index (κ2) is 7.09. The predicted molar refractivity (Wildman–Crippen MR) is 95.5 cm³/mol. The number of fused-ring (bicyclic) bond motifs is 1. The molecule has 4 heteroatoms. The molecule has 1 atom stereocenters. The lowest BCUT2D eigenvalue weighted by Gasteiger charge is -2.19. The lowest BCUT2D eigenvalue weighted by atomic mass is 9.89. The fourth-order valence-electron chi connectivity index (χ4n) is 2.99. The third kappa shape index (κ3) is 4.08. The Morgan fingerprint density at radius 1 is 1.30 bits per heavy atom. The second-order valence-electron chi connectivity index (χ2n) is 6.09. The SMILES string of the molecule is Cc1nc(/C=C/C(=O)NC(C)c2ccc3c(c2)CCCC3)cs1. The summed E-state index contributed by atoms with van der Waals surface area (Å²) >= 11 is 1.59. The van der Waals surface area contributed by atoms with Crippen LogP contribution >= 0.6 is 11.3 Å². The summed E-state index contributed by atoms with van der Waals surface area (Å²) < 4.78 is 0. The van der Waals surface area contributed by atoms with E-state index in [0.29, 0.717) is 0 Å². The van der Waals surface area contributed by atoms with Gasteiger partial charge in [-0.2, -0.15) is 0 Å². The Hall–Kier alpha value is -1.94. The molecule has 1 heterocycles. The summed E-state index contributed by atoms with van der Waals surface area (Å²) in [4.78, 5) is 16.4. The summed E-state index contributed by atoms with van der Waals surface area (Å²) in [5, 5.41) is 5.99. The molecular formula is C19H22N2OS. The van der Waals surface area contributed by atoms with Crippen molar-refractivity contribution in [2.24, 2.45) is 0 Å². The van der Waals surface area contributed by atoms with Crippen LogP contribution in [0, 0.1) is 6.92 Å². The van der Waals surface area contributed by atoms with Crippen LogP contribution in [0.1, 0.15) is 53.2 Å². The molecule has 1 aliphatic carbocycles. The fourth-order valence-corrected chi connectivity index (χ4v) is 3.57. The average molecular weight is 326 g/mol. The Morgan fingerprint density at radius 3 is 2.83 bits per heavy atom. The molecule has 0 fully saturated rings. The number of benzene rings is 1. The van der Waals surface area contributed by atoms with Gasteiger partial charge >= 0.3 is 0 Å². The Labute approximate surface area is 141 Å². The zero-order chi connectivity index (χ0) is 16.2. The van der Waals surface area contributed by atoms with Crippen molar-refractivity contribution in [2.45, 2.75) is 45.6 Å². The highest BCUT2D eigenvalue weighted by Gasteiger charge is 2.13. The number of amides is 1. The summed E-state index contributed by atoms with van der Waals surface area (Å²) in [6.07, 6.45) is 8.23. The van der Waals surface area contributed by atoms with Gasteiger partial charge in [0.25, 0.3) is 0 Å². The number of aromatic nitrogens is 1. The molecule has 1 aromatic carbocycles. The maximum absolute atomic E-state index is 12.1. The minimum atomic E-state index is -0.0825. The molecule has 0 aliphatic heterocycles. The molecule has 0 saturated heterocycles. The van der Waals surface area contributed by atoms with Gasteiger partial charge in [-0.15, -0.1) is 11.3 Å². The normalized spacial score (nSPS) is 15.4. The Kier molecular flexibility index (Phi) is 4.91. The molecule has 0 saturated carbocycles. The molecule has 0 bridgehead atoms. The predicted octanol–water partition coefficient (Wildman–Crippen LogP) is 4.22. The zero-order valence-corrected chi connectivity index (χ0v) is 14.5. The number of thiazole rings is 1. The highest BCUT2D eigenvalue weighted by Crippen LogP contribution is 2.24. The van der Waals surface area contributed by atoms with E-state index in [1.54, 1.807) is 23.5 Å². The summed E-state index contributed by atoms with van der Waals surface area (Å²) in [7, 11) is 0. The summed E-state index contributed by atoms with van der Waals surface area (Å²) in [5.41, 5.74) is 4.93. The number of aryl methyl sites for hydroxylation is 3. The fraction of sp³-hybridized carbons (Fsp3) is 0.368. The summed E-state index contributed by atoms with van der Waals surface area (Å²) in [6, 6.07) is 6.63. The van der Waals surface area contributed by atoms with Gasteiger partial charge in [-0.25, -0.2) is 4.98 Å². The van der Waals surface area contributed by atoms with Gasteiger partial charge in [0, 0.05) is 11.5 Å². The molecule has 120 valence electrons. The topological polar surface area (TPSA) is 42.0 Å². The lowest BCUT2D eigenvalue weighted by molar-refractivity contribution is -0.117. The number of carbonyl (C=O) groups is 1. The number of rotatable bonds is 4. The van der Waals surface area contributed by atoms with Gasteiger partial charge < -0.3 is 5.32 Å². The maximum Gasteiger partial charge on any atom is 0.244 e. The first-order chi connectivity index (χ1) is 11.1. The van der Waals surface area contributed by atoms with Crippen LogP contribution in [0.15, 0.2) is 29.7 Å². The number of nitrogens with one attached hydrogen (secondary N) is 1. The molecule has 1 unspecified atom stereocenters. The second-order valence-corrected chi connectivity index (χ2v) is 7.15. The van der Waals surface area contributed by atoms with Crippen LogP contribution in [-0.2, 0) is 17.6 Å². The molecule has 1 aromatic heterocycles. The van der Waals surface area contributed by atoms with Crippen molar-refractivity contribution in [1.29, 1.82) is 0 Å². The van der Waals surface area contributed by atoms with Crippen LogP contribution in [0.3, 0.4) is 0 Å². The molecule has 0 spiro atoms. The standard InChI is InChI=1S/C19H22N2OS/c1-13(16-8-7-15-5-3-4-6-17(15)11-16)20-19(22)10-9-18-12-23-14(2)21-18/h7-13H,3-6H2,1-2H3,(H,20,22)/b10-9+. The van der Waals surface area contributed by atoms with Gasteiger partial charge in [0.1, 0.15) is 0 Å². The van der Waals surface area contributed by atoms with Gasteiger partial charge in [-0.3, -0.25) is 4.79 Å². The van der Waals surface area contributed by atoms with Crippen LogP contribution in [-0.4, -0.2) is 10.9 Å². The van der Waals surface area contributed by atoms with E-state index in [1.165, 1.54) is 36.0 Å². The molecule has 3 nitrogen and oxygen atoms in total. The Balaban J connectivity index is 1.63. The molecule has 1 aliphatic rings. The highest BCUT2D eigenvalue weighted by atomic mass is 32.1. The van der Waals surface area contributed by atoms with Crippen molar-refractivity contribution < 1.29 is 4.79 Å². The minimum absolute atomic E-state index is 0.0107. The Morgan fingerprint density at radius 2 is 2.09 bits per heavy atom. The van der Waals surface area contributed by atoms with E-state index in [4.69, 9.17) is 0 Å². The molecule has 23 heavy (non-hydrogen) atoms. The molecule has 1 amide bonds. The number of carbonyl (C=O) groups excluding carboxylic acids is 1. The van der Waals surface area contributed by atoms with Gasteiger partial charge in [0.05, 0.1) is 16.7 Å². The molecular weight excluding hydrogens is 304 g/mol. The monoisotopic (exact) mass is 326 g/mol. The van der Waals surface area contributed by atoms with Crippen LogP contribution < -0.4 is 5.32 Å². The quantitative estimate of drug-likeness (QED) is 0.855. The number of hydrogen-bond acceptors (Lipinski definition) is 3. The third-order valence-corrected chi connectivity index (χ3v) is 5.07. The van der Waals surface area contributed by atoms with Crippen molar-refractivity contribution in [1.82, 2.24) is 10.3 Å². The zero-order valence-electron chi connectivity index (χ0n) is 13.6. The minimum Gasteiger partial charge on any atom is -0.346 e. The van der Waals surface area contributed by atoms with Crippen LogP contribution in [0.2, 0.25) is 0 Å². The largest absolute Gasteiger partial charge is 0.346 e. The molecule has 3 rings (SSSR count). The van der Waals surface area contributed by atoms with Crippen molar-refractivity contribution in [3.05, 3.63) is 57.0 Å². The summed E-state index contributed by atoms with van der Waals surface area (Å²) in [6.45, 7) is 3.99.